The number of sulfonamides is 1. The maximum atomic E-state index is 13.0. The molecular formula is C19H13ClN2O5S. The van der Waals surface area contributed by atoms with Crippen molar-refractivity contribution in [3.05, 3.63) is 53.6 Å². The zero-order valence-corrected chi connectivity index (χ0v) is 15.9. The van der Waals surface area contributed by atoms with E-state index in [0.29, 0.717) is 28.3 Å². The summed E-state index contributed by atoms with van der Waals surface area (Å²) in [7, 11) is -3.81. The molecule has 0 bridgehead atoms. The van der Waals surface area contributed by atoms with Gasteiger partial charge in [0.2, 0.25) is 12.7 Å². The average Bonchev–Trinajstić information content (AvgIpc) is 3.20. The molecule has 0 fully saturated rings. The lowest BCUT2D eigenvalue weighted by atomic mass is 10.1. The van der Waals surface area contributed by atoms with Crippen LogP contribution in [0.2, 0.25) is 5.02 Å². The Morgan fingerprint density at radius 1 is 1.11 bits per heavy atom. The van der Waals surface area contributed by atoms with Crippen LogP contribution in [0, 0.1) is 0 Å². The van der Waals surface area contributed by atoms with Crippen molar-refractivity contribution >= 4 is 49.7 Å². The molecule has 0 radical (unpaired) electrons. The van der Waals surface area contributed by atoms with E-state index in [9.17, 15) is 13.2 Å². The molecule has 2 aliphatic rings. The Morgan fingerprint density at radius 2 is 1.82 bits per heavy atom. The minimum atomic E-state index is -3.81. The Morgan fingerprint density at radius 3 is 2.61 bits per heavy atom. The van der Waals surface area contributed by atoms with Crippen LogP contribution >= 0.6 is 11.6 Å². The number of nitrogens with zero attached hydrogens (tertiary/aromatic N) is 1. The highest BCUT2D eigenvalue weighted by Crippen LogP contribution is 2.42. The van der Waals surface area contributed by atoms with Gasteiger partial charge in [0.1, 0.15) is 6.54 Å². The maximum absolute atomic E-state index is 13.0. The molecule has 0 saturated carbocycles. The second-order valence-corrected chi connectivity index (χ2v) is 8.61. The molecule has 0 aromatic heterocycles. The predicted octanol–water partition coefficient (Wildman–Crippen LogP) is 3.37. The van der Waals surface area contributed by atoms with Crippen LogP contribution in [-0.4, -0.2) is 27.7 Å². The number of ether oxygens (including phenoxy) is 2. The highest BCUT2D eigenvalue weighted by Gasteiger charge is 2.36. The molecule has 1 amide bonds. The van der Waals surface area contributed by atoms with Crippen molar-refractivity contribution in [1.29, 1.82) is 0 Å². The van der Waals surface area contributed by atoms with E-state index in [1.807, 2.05) is 12.1 Å². The van der Waals surface area contributed by atoms with Crippen molar-refractivity contribution in [2.75, 3.05) is 23.0 Å². The molecule has 3 aromatic rings. The molecule has 5 rings (SSSR count). The van der Waals surface area contributed by atoms with E-state index in [4.69, 9.17) is 21.1 Å². The van der Waals surface area contributed by atoms with Crippen LogP contribution in [0.3, 0.4) is 0 Å². The van der Waals surface area contributed by atoms with E-state index in [0.717, 1.165) is 9.69 Å². The highest BCUT2D eigenvalue weighted by molar-refractivity contribution is 7.93. The minimum absolute atomic E-state index is 0.0807. The van der Waals surface area contributed by atoms with E-state index >= 15 is 0 Å². The van der Waals surface area contributed by atoms with Crippen LogP contribution < -0.4 is 19.1 Å². The van der Waals surface area contributed by atoms with Crippen LogP contribution in [0.15, 0.2) is 53.4 Å². The van der Waals surface area contributed by atoms with Gasteiger partial charge in [0, 0.05) is 17.5 Å². The van der Waals surface area contributed by atoms with Crippen LogP contribution in [0.4, 0.5) is 11.4 Å². The lowest BCUT2D eigenvalue weighted by Crippen LogP contribution is -2.35. The molecule has 0 aliphatic carbocycles. The number of halogens is 1. The van der Waals surface area contributed by atoms with Gasteiger partial charge in [0.25, 0.3) is 10.0 Å². The van der Waals surface area contributed by atoms with Crippen molar-refractivity contribution in [2.24, 2.45) is 0 Å². The Hall–Kier alpha value is -2.97. The molecule has 142 valence electrons. The van der Waals surface area contributed by atoms with Gasteiger partial charge in [-0.05, 0) is 17.5 Å². The lowest BCUT2D eigenvalue weighted by Gasteiger charge is -2.18. The van der Waals surface area contributed by atoms with Crippen molar-refractivity contribution in [3.63, 3.8) is 0 Å². The molecule has 0 saturated heterocycles. The SMILES string of the molecule is O=C(CN1c2cccc3cccc(c23)S1(=O)=O)Nc1cc2c(cc1Cl)OCO2. The summed E-state index contributed by atoms with van der Waals surface area (Å²) in [4.78, 5) is 12.8. The number of benzene rings is 3. The van der Waals surface area contributed by atoms with E-state index < -0.39 is 15.9 Å². The van der Waals surface area contributed by atoms with Crippen LogP contribution in [0.1, 0.15) is 0 Å². The number of nitrogens with one attached hydrogen (secondary N) is 1. The summed E-state index contributed by atoms with van der Waals surface area (Å²) in [5, 5.41) is 4.35. The first-order valence-corrected chi connectivity index (χ1v) is 10.2. The first-order chi connectivity index (χ1) is 13.4. The lowest BCUT2D eigenvalue weighted by molar-refractivity contribution is -0.114. The monoisotopic (exact) mass is 416 g/mol. The van der Waals surface area contributed by atoms with Gasteiger partial charge in [-0.1, -0.05) is 35.9 Å². The first kappa shape index (κ1) is 17.2. The summed E-state index contributed by atoms with van der Waals surface area (Å²) in [5.41, 5.74) is 0.809. The van der Waals surface area contributed by atoms with Crippen LogP contribution in [0.25, 0.3) is 10.8 Å². The smallest absolute Gasteiger partial charge is 0.265 e. The maximum Gasteiger partial charge on any atom is 0.265 e. The summed E-state index contributed by atoms with van der Waals surface area (Å²) in [5.74, 6) is 0.437. The molecule has 9 heteroatoms. The number of anilines is 2. The van der Waals surface area contributed by atoms with Gasteiger partial charge in [-0.2, -0.15) is 0 Å². The molecular weight excluding hydrogens is 404 g/mol. The summed E-state index contributed by atoms with van der Waals surface area (Å²) < 4.78 is 37.5. The average molecular weight is 417 g/mol. The number of rotatable bonds is 3. The van der Waals surface area contributed by atoms with Crippen LogP contribution in [0.5, 0.6) is 11.5 Å². The minimum Gasteiger partial charge on any atom is -0.454 e. The fourth-order valence-electron chi connectivity index (χ4n) is 3.46. The third kappa shape index (κ3) is 2.49. The third-order valence-electron chi connectivity index (χ3n) is 4.70. The molecule has 2 heterocycles. The van der Waals surface area contributed by atoms with Gasteiger partial charge < -0.3 is 14.8 Å². The predicted molar refractivity (Wildman–Crippen MR) is 105 cm³/mol. The number of fused-ring (bicyclic) bond motifs is 1. The second-order valence-electron chi connectivity index (χ2n) is 6.38. The van der Waals surface area contributed by atoms with Gasteiger partial charge in [0.15, 0.2) is 11.5 Å². The molecule has 0 unspecified atom stereocenters. The van der Waals surface area contributed by atoms with E-state index in [1.165, 1.54) is 0 Å². The zero-order chi connectivity index (χ0) is 19.5. The highest BCUT2D eigenvalue weighted by atomic mass is 35.5. The number of carbonyl (C=O) groups is 1. The van der Waals surface area contributed by atoms with Crippen molar-refractivity contribution in [1.82, 2.24) is 0 Å². The quantitative estimate of drug-likeness (QED) is 0.707. The van der Waals surface area contributed by atoms with Crippen molar-refractivity contribution in [3.8, 4) is 11.5 Å². The Kier molecular flexibility index (Phi) is 3.68. The molecule has 7 nitrogen and oxygen atoms in total. The second kappa shape index (κ2) is 6.02. The van der Waals surface area contributed by atoms with Crippen molar-refractivity contribution in [2.45, 2.75) is 4.90 Å². The molecule has 2 aliphatic heterocycles. The normalized spacial score (nSPS) is 15.8. The fourth-order valence-corrected chi connectivity index (χ4v) is 5.33. The van der Waals surface area contributed by atoms with Gasteiger partial charge in [-0.15, -0.1) is 0 Å². The Balaban J connectivity index is 1.46. The topological polar surface area (TPSA) is 84.9 Å². The Labute approximate surface area is 165 Å². The van der Waals surface area contributed by atoms with Crippen molar-refractivity contribution < 1.29 is 22.7 Å². The van der Waals surface area contributed by atoms with E-state index in [-0.39, 0.29) is 23.3 Å². The van der Waals surface area contributed by atoms with Gasteiger partial charge >= 0.3 is 0 Å². The summed E-state index contributed by atoms with van der Waals surface area (Å²) in [6.07, 6.45) is 0. The summed E-state index contributed by atoms with van der Waals surface area (Å²) in [6, 6.07) is 13.5. The zero-order valence-electron chi connectivity index (χ0n) is 14.3. The summed E-state index contributed by atoms with van der Waals surface area (Å²) in [6.45, 7) is -0.293. The molecule has 3 aromatic carbocycles. The number of hydrogen-bond donors (Lipinski definition) is 1. The molecule has 28 heavy (non-hydrogen) atoms. The number of carbonyl (C=O) groups excluding carboxylic acids is 1. The standard InChI is InChI=1S/C19H13ClN2O5S/c20-12-7-15-16(27-10-26-15)8-13(12)21-18(23)9-22-14-5-1-3-11-4-2-6-17(19(11)14)28(22,24)25/h1-8H,9-10H2,(H,21,23). The van der Waals surface area contributed by atoms with E-state index in [1.54, 1.807) is 36.4 Å². The van der Waals surface area contributed by atoms with Gasteiger partial charge in [0.05, 0.1) is 21.3 Å². The summed E-state index contributed by atoms with van der Waals surface area (Å²) >= 11 is 6.18. The van der Waals surface area contributed by atoms with Gasteiger partial charge in [-0.25, -0.2) is 8.42 Å². The van der Waals surface area contributed by atoms with Gasteiger partial charge in [-0.3, -0.25) is 9.10 Å². The third-order valence-corrected chi connectivity index (χ3v) is 6.82. The largest absolute Gasteiger partial charge is 0.454 e. The first-order valence-electron chi connectivity index (χ1n) is 8.38. The molecule has 1 N–H and O–H groups in total. The molecule has 0 atom stereocenters. The molecule has 0 spiro atoms. The number of hydrogen-bond acceptors (Lipinski definition) is 5. The fraction of sp³-hybridized carbons (Fsp3) is 0.105. The Bertz CT molecular complexity index is 1250. The number of amides is 1. The van der Waals surface area contributed by atoms with E-state index in [2.05, 4.69) is 5.32 Å². The van der Waals surface area contributed by atoms with Crippen LogP contribution in [-0.2, 0) is 14.8 Å².